The van der Waals surface area contributed by atoms with Gasteiger partial charge in [0.15, 0.2) is 0 Å². The van der Waals surface area contributed by atoms with Crippen LogP contribution in [0.4, 0.5) is 24.7 Å². The quantitative estimate of drug-likeness (QED) is 0.366. The molecule has 168 valence electrons. The third-order valence-electron chi connectivity index (χ3n) is 5.86. The van der Waals surface area contributed by atoms with Gasteiger partial charge in [-0.15, -0.1) is 0 Å². The van der Waals surface area contributed by atoms with Crippen molar-refractivity contribution in [2.24, 2.45) is 0 Å². The number of nitrogens with zero attached hydrogens (tertiary/aromatic N) is 3. The third-order valence-corrected chi connectivity index (χ3v) is 6.30. The SMILES string of the molecule is FC(F)(F)c1cccc(CN2CCc3c(ccnc3Nc3cnc4ccccc4c3)C2)c1Cl. The third kappa shape index (κ3) is 4.51. The number of alkyl halides is 3. The molecule has 0 spiro atoms. The van der Waals surface area contributed by atoms with Crippen LogP contribution in [0.2, 0.25) is 5.02 Å². The van der Waals surface area contributed by atoms with Gasteiger partial charge in [0, 0.05) is 36.8 Å². The van der Waals surface area contributed by atoms with Crippen LogP contribution in [0.1, 0.15) is 22.3 Å². The van der Waals surface area contributed by atoms with Gasteiger partial charge in [0.25, 0.3) is 0 Å². The molecule has 1 aliphatic rings. The maximum atomic E-state index is 13.2. The summed E-state index contributed by atoms with van der Waals surface area (Å²) in [5.74, 6) is 0.779. The van der Waals surface area contributed by atoms with Crippen molar-refractivity contribution >= 4 is 34.0 Å². The molecule has 1 N–H and O–H groups in total. The van der Waals surface area contributed by atoms with Gasteiger partial charge in [-0.05, 0) is 41.8 Å². The minimum atomic E-state index is -4.47. The lowest BCUT2D eigenvalue weighted by Gasteiger charge is -2.30. The Bertz CT molecular complexity index is 1320. The van der Waals surface area contributed by atoms with E-state index in [2.05, 4.69) is 20.2 Å². The number of rotatable bonds is 4. The maximum absolute atomic E-state index is 13.2. The fourth-order valence-electron chi connectivity index (χ4n) is 4.23. The molecule has 8 heteroatoms. The van der Waals surface area contributed by atoms with Gasteiger partial charge in [-0.2, -0.15) is 13.2 Å². The largest absolute Gasteiger partial charge is 0.417 e. The summed E-state index contributed by atoms with van der Waals surface area (Å²) in [7, 11) is 0. The summed E-state index contributed by atoms with van der Waals surface area (Å²) in [6.45, 7) is 1.65. The van der Waals surface area contributed by atoms with Crippen molar-refractivity contribution in [3.8, 4) is 0 Å². The lowest BCUT2D eigenvalue weighted by atomic mass is 10.00. The molecule has 33 heavy (non-hydrogen) atoms. The summed E-state index contributed by atoms with van der Waals surface area (Å²) in [5.41, 5.74) is 3.67. The fraction of sp³-hybridized carbons (Fsp3) is 0.200. The summed E-state index contributed by atoms with van der Waals surface area (Å²) in [5, 5.41) is 4.20. The molecule has 0 bridgehead atoms. The molecule has 0 saturated heterocycles. The average molecular weight is 469 g/mol. The number of anilines is 2. The number of nitrogens with one attached hydrogen (secondary N) is 1. The van der Waals surface area contributed by atoms with Gasteiger partial charge in [-0.3, -0.25) is 9.88 Å². The van der Waals surface area contributed by atoms with E-state index in [4.69, 9.17) is 11.6 Å². The molecule has 1 aliphatic heterocycles. The molecule has 5 rings (SSSR count). The number of hydrogen-bond acceptors (Lipinski definition) is 4. The molecule has 4 aromatic rings. The maximum Gasteiger partial charge on any atom is 0.417 e. The molecule has 0 aliphatic carbocycles. The number of fused-ring (bicyclic) bond motifs is 2. The predicted octanol–water partition coefficient (Wildman–Crippen LogP) is 6.60. The molecule has 2 aromatic heterocycles. The Hall–Kier alpha value is -3.16. The minimum Gasteiger partial charge on any atom is -0.339 e. The molecule has 2 aromatic carbocycles. The van der Waals surface area contributed by atoms with E-state index in [1.165, 1.54) is 6.07 Å². The van der Waals surface area contributed by atoms with Crippen LogP contribution in [0.3, 0.4) is 0 Å². The van der Waals surface area contributed by atoms with E-state index in [9.17, 15) is 13.2 Å². The van der Waals surface area contributed by atoms with Crippen LogP contribution < -0.4 is 5.32 Å². The summed E-state index contributed by atoms with van der Waals surface area (Å²) >= 11 is 6.10. The van der Waals surface area contributed by atoms with Crippen molar-refractivity contribution in [2.45, 2.75) is 25.7 Å². The number of para-hydroxylation sites is 1. The van der Waals surface area contributed by atoms with Crippen molar-refractivity contribution in [1.82, 2.24) is 14.9 Å². The first-order valence-electron chi connectivity index (χ1n) is 10.5. The zero-order chi connectivity index (χ0) is 23.0. The number of halogens is 4. The van der Waals surface area contributed by atoms with Gasteiger partial charge in [0.2, 0.25) is 0 Å². The van der Waals surface area contributed by atoms with E-state index in [1.54, 1.807) is 18.5 Å². The first-order valence-corrected chi connectivity index (χ1v) is 10.9. The topological polar surface area (TPSA) is 41.1 Å². The molecular weight excluding hydrogens is 449 g/mol. The van der Waals surface area contributed by atoms with Crippen LogP contribution in [0.15, 0.2) is 67.0 Å². The monoisotopic (exact) mass is 468 g/mol. The molecule has 0 saturated carbocycles. The van der Waals surface area contributed by atoms with Gasteiger partial charge >= 0.3 is 6.18 Å². The summed E-state index contributed by atoms with van der Waals surface area (Å²) < 4.78 is 39.6. The molecular formula is C25H20ClF3N4. The normalized spacial score (nSPS) is 14.3. The summed E-state index contributed by atoms with van der Waals surface area (Å²) in [4.78, 5) is 11.1. The molecule has 3 heterocycles. The second-order valence-electron chi connectivity index (χ2n) is 8.08. The summed E-state index contributed by atoms with van der Waals surface area (Å²) in [6, 6.07) is 16.0. The van der Waals surface area contributed by atoms with Crippen LogP contribution in [-0.4, -0.2) is 21.4 Å². The van der Waals surface area contributed by atoms with E-state index in [0.29, 0.717) is 25.2 Å². The van der Waals surface area contributed by atoms with Gasteiger partial charge in [-0.25, -0.2) is 4.98 Å². The second-order valence-corrected chi connectivity index (χ2v) is 8.45. The lowest BCUT2D eigenvalue weighted by Crippen LogP contribution is -2.31. The first kappa shape index (κ1) is 21.7. The first-order chi connectivity index (χ1) is 15.9. The highest BCUT2D eigenvalue weighted by atomic mass is 35.5. The van der Waals surface area contributed by atoms with E-state index in [1.807, 2.05) is 36.4 Å². The molecule has 4 nitrogen and oxygen atoms in total. The Morgan fingerprint density at radius 2 is 1.88 bits per heavy atom. The number of benzene rings is 2. The van der Waals surface area contributed by atoms with Gasteiger partial charge in [-0.1, -0.05) is 41.9 Å². The Labute approximate surface area is 194 Å². The highest BCUT2D eigenvalue weighted by Crippen LogP contribution is 2.37. The predicted molar refractivity (Wildman–Crippen MR) is 124 cm³/mol. The van der Waals surface area contributed by atoms with Gasteiger partial charge in [0.1, 0.15) is 5.82 Å². The Balaban J connectivity index is 1.35. The van der Waals surface area contributed by atoms with Crippen LogP contribution in [0.5, 0.6) is 0 Å². The smallest absolute Gasteiger partial charge is 0.339 e. The zero-order valence-corrected chi connectivity index (χ0v) is 18.3. The molecule has 0 unspecified atom stereocenters. The highest BCUT2D eigenvalue weighted by Gasteiger charge is 2.34. The number of pyridine rings is 2. The lowest BCUT2D eigenvalue weighted by molar-refractivity contribution is -0.137. The zero-order valence-electron chi connectivity index (χ0n) is 17.5. The van der Waals surface area contributed by atoms with Gasteiger partial charge < -0.3 is 5.32 Å². The molecule has 0 amide bonds. The van der Waals surface area contributed by atoms with Gasteiger partial charge in [0.05, 0.1) is 28.0 Å². The molecule has 0 atom stereocenters. The molecule has 0 fully saturated rings. The fourth-order valence-corrected chi connectivity index (χ4v) is 4.52. The van der Waals surface area contributed by atoms with Crippen LogP contribution in [0.25, 0.3) is 10.9 Å². The number of aromatic nitrogens is 2. The van der Waals surface area contributed by atoms with Crippen LogP contribution >= 0.6 is 11.6 Å². The van der Waals surface area contributed by atoms with E-state index < -0.39 is 11.7 Å². The van der Waals surface area contributed by atoms with E-state index >= 15 is 0 Å². The standard InChI is InChI=1S/C25H20ClF3N4/c26-23-18(5-3-6-21(23)25(27,28)29)15-33-11-9-20-17(14-33)8-10-30-24(20)32-19-12-16-4-1-2-7-22(16)31-13-19/h1-8,10,12-13H,9,11,14-15H2,(H,30,32). The van der Waals surface area contributed by atoms with Crippen molar-refractivity contribution in [3.05, 3.63) is 94.3 Å². The van der Waals surface area contributed by atoms with E-state index in [0.717, 1.165) is 46.0 Å². The Morgan fingerprint density at radius 3 is 2.73 bits per heavy atom. The van der Waals surface area contributed by atoms with E-state index in [-0.39, 0.29) is 5.02 Å². The van der Waals surface area contributed by atoms with Crippen molar-refractivity contribution in [2.75, 3.05) is 11.9 Å². The highest BCUT2D eigenvalue weighted by molar-refractivity contribution is 6.32. The van der Waals surface area contributed by atoms with Crippen molar-refractivity contribution < 1.29 is 13.2 Å². The average Bonchev–Trinajstić information content (AvgIpc) is 2.80. The Morgan fingerprint density at radius 1 is 1.03 bits per heavy atom. The molecule has 0 radical (unpaired) electrons. The van der Waals surface area contributed by atoms with Crippen molar-refractivity contribution in [1.29, 1.82) is 0 Å². The summed E-state index contributed by atoms with van der Waals surface area (Å²) in [6.07, 6.45) is -0.209. The van der Waals surface area contributed by atoms with Crippen molar-refractivity contribution in [3.63, 3.8) is 0 Å². The van der Waals surface area contributed by atoms with Crippen LogP contribution in [0, 0.1) is 0 Å². The van der Waals surface area contributed by atoms with Crippen LogP contribution in [-0.2, 0) is 25.7 Å². The minimum absolute atomic E-state index is 0.225. The Kier molecular flexibility index (Phi) is 5.68. The second kappa shape index (κ2) is 8.65. The number of hydrogen-bond donors (Lipinski definition) is 1.